The predicted octanol–water partition coefficient (Wildman–Crippen LogP) is 4.27. The first-order valence-electron chi connectivity index (χ1n) is 9.96. The number of carbonyl (C=O) groups excluding carboxylic acids is 1. The summed E-state index contributed by atoms with van der Waals surface area (Å²) in [5.41, 5.74) is 1.46. The Balaban J connectivity index is 1.63. The number of thioether (sulfide) groups is 1. The lowest BCUT2D eigenvalue weighted by atomic mass is 10.0. The number of halogens is 1. The molecule has 1 aliphatic heterocycles. The van der Waals surface area contributed by atoms with E-state index in [2.05, 4.69) is 17.1 Å². The molecule has 1 amide bonds. The van der Waals surface area contributed by atoms with E-state index in [1.165, 1.54) is 23.9 Å². The topological polar surface area (TPSA) is 71.2 Å². The van der Waals surface area contributed by atoms with E-state index >= 15 is 0 Å². The second-order valence-electron chi connectivity index (χ2n) is 7.39. The zero-order valence-electron chi connectivity index (χ0n) is 16.7. The van der Waals surface area contributed by atoms with Crippen LogP contribution in [0.3, 0.4) is 0 Å². The summed E-state index contributed by atoms with van der Waals surface area (Å²) >= 11 is 1.32. The molecule has 0 bridgehead atoms. The summed E-state index contributed by atoms with van der Waals surface area (Å²) in [7, 11) is 0. The molecule has 1 saturated heterocycles. The van der Waals surface area contributed by atoms with Gasteiger partial charge in [-0.05, 0) is 74.7 Å². The molecule has 2 aromatic carbocycles. The number of rotatable bonds is 5. The van der Waals surface area contributed by atoms with Crippen LogP contribution < -0.4 is 0 Å². The molecule has 156 valence electrons. The summed E-state index contributed by atoms with van der Waals surface area (Å²) < 4.78 is 15.3. The van der Waals surface area contributed by atoms with Gasteiger partial charge in [0.15, 0.2) is 11.0 Å². The molecule has 30 heavy (non-hydrogen) atoms. The summed E-state index contributed by atoms with van der Waals surface area (Å²) in [6.45, 7) is 2.88. The Morgan fingerprint density at radius 1 is 1.13 bits per heavy atom. The summed E-state index contributed by atoms with van der Waals surface area (Å²) in [6.07, 6.45) is 3.23. The highest BCUT2D eigenvalue weighted by Gasteiger charge is 2.24. The Labute approximate surface area is 178 Å². The fraction of sp³-hybridized carbons (Fsp3) is 0.318. The van der Waals surface area contributed by atoms with E-state index < -0.39 is 0 Å². The lowest BCUT2D eigenvalue weighted by Crippen LogP contribution is -2.42. The van der Waals surface area contributed by atoms with Gasteiger partial charge in [-0.25, -0.2) is 4.39 Å². The van der Waals surface area contributed by atoms with Crippen LogP contribution in [0.4, 0.5) is 4.39 Å². The summed E-state index contributed by atoms with van der Waals surface area (Å²) in [5.74, 6) is 0.734. The number of likely N-dealkylation sites (tertiary alicyclic amines) is 1. The van der Waals surface area contributed by atoms with Gasteiger partial charge in [0.05, 0.1) is 5.75 Å². The van der Waals surface area contributed by atoms with E-state index in [1.807, 2.05) is 9.47 Å². The quantitative estimate of drug-likeness (QED) is 0.617. The third kappa shape index (κ3) is 4.33. The predicted molar refractivity (Wildman–Crippen MR) is 114 cm³/mol. The normalized spacial score (nSPS) is 16.6. The molecule has 0 radical (unpaired) electrons. The Kier molecular flexibility index (Phi) is 6.03. The monoisotopic (exact) mass is 426 g/mol. The highest BCUT2D eigenvalue weighted by molar-refractivity contribution is 7.99. The minimum Gasteiger partial charge on any atom is -0.508 e. The van der Waals surface area contributed by atoms with Crippen LogP contribution in [0.25, 0.3) is 17.1 Å². The maximum atomic E-state index is 13.5. The Morgan fingerprint density at radius 3 is 2.57 bits per heavy atom. The highest BCUT2D eigenvalue weighted by Crippen LogP contribution is 2.29. The Hall–Kier alpha value is -2.87. The Morgan fingerprint density at radius 2 is 1.87 bits per heavy atom. The van der Waals surface area contributed by atoms with Gasteiger partial charge in [0.25, 0.3) is 0 Å². The molecule has 6 nitrogen and oxygen atoms in total. The maximum absolute atomic E-state index is 13.5. The van der Waals surface area contributed by atoms with Crippen molar-refractivity contribution < 1.29 is 14.3 Å². The number of carbonyl (C=O) groups is 1. The van der Waals surface area contributed by atoms with Crippen molar-refractivity contribution in [1.29, 1.82) is 0 Å². The molecule has 0 saturated carbocycles. The van der Waals surface area contributed by atoms with E-state index in [0.717, 1.165) is 31.4 Å². The van der Waals surface area contributed by atoms with Crippen LogP contribution in [0.15, 0.2) is 53.7 Å². The second-order valence-corrected chi connectivity index (χ2v) is 8.33. The molecule has 8 heteroatoms. The molecular weight excluding hydrogens is 403 g/mol. The molecule has 1 aromatic heterocycles. The number of phenolic OH excluding ortho intramolecular Hbond substituents is 1. The SMILES string of the molecule is CC1CCCCN1C(=O)CSc1nnc(-c2ccc(O)cc2)n1-c1ccc(F)cc1. The third-order valence-corrected chi connectivity index (χ3v) is 6.21. The van der Waals surface area contributed by atoms with Crippen LogP contribution in [0.2, 0.25) is 0 Å². The summed E-state index contributed by atoms with van der Waals surface area (Å²) in [5, 5.41) is 18.8. The van der Waals surface area contributed by atoms with Crippen molar-refractivity contribution in [2.75, 3.05) is 12.3 Å². The molecule has 3 aromatic rings. The van der Waals surface area contributed by atoms with Crippen molar-refractivity contribution in [3.05, 3.63) is 54.3 Å². The van der Waals surface area contributed by atoms with Gasteiger partial charge in [-0.15, -0.1) is 10.2 Å². The zero-order valence-corrected chi connectivity index (χ0v) is 17.5. The lowest BCUT2D eigenvalue weighted by Gasteiger charge is -2.33. The van der Waals surface area contributed by atoms with Crippen molar-refractivity contribution >= 4 is 17.7 Å². The van der Waals surface area contributed by atoms with Crippen LogP contribution in [-0.2, 0) is 4.79 Å². The summed E-state index contributed by atoms with van der Waals surface area (Å²) in [6, 6.07) is 13.0. The third-order valence-electron chi connectivity index (χ3n) is 5.29. The smallest absolute Gasteiger partial charge is 0.233 e. The second kappa shape index (κ2) is 8.87. The van der Waals surface area contributed by atoms with Gasteiger partial charge in [-0.2, -0.15) is 0 Å². The first kappa shape index (κ1) is 20.4. The van der Waals surface area contributed by atoms with Crippen molar-refractivity contribution in [1.82, 2.24) is 19.7 Å². The number of hydrogen-bond donors (Lipinski definition) is 1. The number of nitrogens with zero attached hydrogens (tertiary/aromatic N) is 4. The molecule has 0 aliphatic carbocycles. The number of aromatic hydroxyl groups is 1. The number of benzene rings is 2. The lowest BCUT2D eigenvalue weighted by molar-refractivity contribution is -0.131. The largest absolute Gasteiger partial charge is 0.508 e. The van der Waals surface area contributed by atoms with Crippen LogP contribution in [0.5, 0.6) is 5.75 Å². The van der Waals surface area contributed by atoms with Crippen LogP contribution in [0.1, 0.15) is 26.2 Å². The fourth-order valence-electron chi connectivity index (χ4n) is 3.66. The van der Waals surface area contributed by atoms with Gasteiger partial charge < -0.3 is 10.0 Å². The van der Waals surface area contributed by atoms with E-state index in [9.17, 15) is 14.3 Å². The van der Waals surface area contributed by atoms with Crippen LogP contribution in [-0.4, -0.2) is 49.0 Å². The molecular formula is C22H23FN4O2S. The van der Waals surface area contributed by atoms with E-state index in [1.54, 1.807) is 36.4 Å². The number of piperidine rings is 1. The van der Waals surface area contributed by atoms with Crippen molar-refractivity contribution in [2.45, 2.75) is 37.4 Å². The molecule has 1 N–H and O–H groups in total. The molecule has 2 heterocycles. The highest BCUT2D eigenvalue weighted by atomic mass is 32.2. The van der Waals surface area contributed by atoms with E-state index in [0.29, 0.717) is 16.7 Å². The van der Waals surface area contributed by atoms with Gasteiger partial charge in [-0.3, -0.25) is 9.36 Å². The molecule has 0 spiro atoms. The maximum Gasteiger partial charge on any atom is 0.233 e. The first-order valence-corrected chi connectivity index (χ1v) is 10.9. The average molecular weight is 427 g/mol. The number of aromatic nitrogens is 3. The molecule has 1 atom stereocenters. The number of hydrogen-bond acceptors (Lipinski definition) is 5. The standard InChI is InChI=1S/C22H23FN4O2S/c1-15-4-2-3-13-26(15)20(29)14-30-22-25-24-21(16-5-11-19(28)12-6-16)27(22)18-9-7-17(23)8-10-18/h5-12,15,28H,2-4,13-14H2,1H3. The molecule has 1 aliphatic rings. The Bertz CT molecular complexity index is 1020. The minimum absolute atomic E-state index is 0.0899. The first-order chi connectivity index (χ1) is 14.5. The molecule has 4 rings (SSSR count). The van der Waals surface area contributed by atoms with E-state index in [-0.39, 0.29) is 29.3 Å². The van der Waals surface area contributed by atoms with Gasteiger partial charge >= 0.3 is 0 Å². The van der Waals surface area contributed by atoms with Crippen molar-refractivity contribution in [3.8, 4) is 22.8 Å². The minimum atomic E-state index is -0.332. The van der Waals surface area contributed by atoms with Crippen molar-refractivity contribution in [3.63, 3.8) is 0 Å². The zero-order chi connectivity index (χ0) is 21.1. The number of amides is 1. The average Bonchev–Trinajstić information content (AvgIpc) is 3.17. The van der Waals surface area contributed by atoms with Gasteiger partial charge in [0.2, 0.25) is 5.91 Å². The van der Waals surface area contributed by atoms with Gasteiger partial charge in [0, 0.05) is 23.8 Å². The summed E-state index contributed by atoms with van der Waals surface area (Å²) in [4.78, 5) is 14.7. The number of phenols is 1. The molecule has 1 fully saturated rings. The van der Waals surface area contributed by atoms with E-state index in [4.69, 9.17) is 0 Å². The van der Waals surface area contributed by atoms with Crippen molar-refractivity contribution in [2.24, 2.45) is 0 Å². The fourth-order valence-corrected chi connectivity index (χ4v) is 4.50. The van der Waals surface area contributed by atoms with Gasteiger partial charge in [0.1, 0.15) is 11.6 Å². The molecule has 1 unspecified atom stereocenters. The van der Waals surface area contributed by atoms with Crippen LogP contribution in [0, 0.1) is 5.82 Å². The van der Waals surface area contributed by atoms with Gasteiger partial charge in [-0.1, -0.05) is 11.8 Å². The van der Waals surface area contributed by atoms with Crippen LogP contribution >= 0.6 is 11.8 Å².